The molecule has 112 valence electrons. The first-order valence-corrected chi connectivity index (χ1v) is 6.12. The predicted octanol–water partition coefficient (Wildman–Crippen LogP) is 2.15. The van der Waals surface area contributed by atoms with E-state index in [2.05, 4.69) is 10.1 Å². The van der Waals surface area contributed by atoms with Gasteiger partial charge in [-0.15, -0.1) is 13.2 Å². The number of para-hydroxylation sites is 1. The summed E-state index contributed by atoms with van der Waals surface area (Å²) in [7, 11) is 1.66. The second-order valence-corrected chi connectivity index (χ2v) is 4.17. The maximum atomic E-state index is 12.2. The lowest BCUT2D eigenvalue weighted by atomic mass is 10.2. The van der Waals surface area contributed by atoms with Gasteiger partial charge in [0.2, 0.25) is 5.91 Å². The van der Waals surface area contributed by atoms with Crippen molar-refractivity contribution in [2.45, 2.75) is 19.8 Å². The van der Waals surface area contributed by atoms with Gasteiger partial charge in [-0.1, -0.05) is 18.2 Å². The third-order valence-corrected chi connectivity index (χ3v) is 2.69. The van der Waals surface area contributed by atoms with Crippen LogP contribution in [0.15, 0.2) is 24.3 Å². The zero-order chi connectivity index (χ0) is 15.2. The number of alkyl halides is 3. The Labute approximate surface area is 115 Å². The molecule has 0 aromatic heterocycles. The van der Waals surface area contributed by atoms with Gasteiger partial charge in [-0.3, -0.25) is 4.79 Å². The highest BCUT2D eigenvalue weighted by Crippen LogP contribution is 2.25. The minimum absolute atomic E-state index is 0.0602. The molecule has 4 nitrogen and oxygen atoms in total. The lowest BCUT2D eigenvalue weighted by Gasteiger charge is -2.16. The quantitative estimate of drug-likeness (QED) is 0.873. The van der Waals surface area contributed by atoms with Crippen molar-refractivity contribution in [1.82, 2.24) is 10.2 Å². The van der Waals surface area contributed by atoms with Gasteiger partial charge < -0.3 is 15.0 Å². The monoisotopic (exact) mass is 290 g/mol. The average Bonchev–Trinajstić information content (AvgIpc) is 2.38. The summed E-state index contributed by atoms with van der Waals surface area (Å²) >= 11 is 0. The van der Waals surface area contributed by atoms with Gasteiger partial charge in [0, 0.05) is 25.7 Å². The van der Waals surface area contributed by atoms with E-state index in [1.54, 1.807) is 13.1 Å². The van der Waals surface area contributed by atoms with Crippen LogP contribution in [0.25, 0.3) is 0 Å². The summed E-state index contributed by atoms with van der Waals surface area (Å²) in [6.07, 6.45) is -4.73. The Kier molecular flexibility index (Phi) is 5.82. The highest BCUT2D eigenvalue weighted by molar-refractivity contribution is 5.77. The van der Waals surface area contributed by atoms with Gasteiger partial charge in [-0.2, -0.15) is 0 Å². The van der Waals surface area contributed by atoms with Crippen LogP contribution in [0.2, 0.25) is 0 Å². The van der Waals surface area contributed by atoms with Crippen molar-refractivity contribution in [3.8, 4) is 5.75 Å². The molecule has 0 atom stereocenters. The molecule has 1 N–H and O–H groups in total. The fourth-order valence-electron chi connectivity index (χ4n) is 1.49. The molecule has 0 saturated heterocycles. The van der Waals surface area contributed by atoms with E-state index in [0.717, 1.165) is 0 Å². The van der Waals surface area contributed by atoms with Gasteiger partial charge in [0.1, 0.15) is 5.75 Å². The molecular weight excluding hydrogens is 273 g/mol. The molecule has 0 aliphatic carbocycles. The Balaban J connectivity index is 2.58. The van der Waals surface area contributed by atoms with Crippen LogP contribution in [0.3, 0.4) is 0 Å². The molecule has 0 radical (unpaired) electrons. The molecule has 0 bridgehead atoms. The maximum absolute atomic E-state index is 12.2. The van der Waals surface area contributed by atoms with Gasteiger partial charge in [-0.25, -0.2) is 0 Å². The number of benzene rings is 1. The van der Waals surface area contributed by atoms with E-state index < -0.39 is 6.36 Å². The van der Waals surface area contributed by atoms with E-state index >= 15 is 0 Å². The number of carbonyl (C=O) groups excluding carboxylic acids is 1. The van der Waals surface area contributed by atoms with Gasteiger partial charge in [0.25, 0.3) is 0 Å². The Bertz CT molecular complexity index is 449. The number of halogens is 3. The van der Waals surface area contributed by atoms with Gasteiger partial charge in [0.15, 0.2) is 0 Å². The van der Waals surface area contributed by atoms with E-state index in [4.69, 9.17) is 0 Å². The smallest absolute Gasteiger partial charge is 0.405 e. The molecule has 0 fully saturated rings. The van der Waals surface area contributed by atoms with Gasteiger partial charge in [-0.05, 0) is 13.0 Å². The molecule has 0 aliphatic rings. The first-order valence-electron chi connectivity index (χ1n) is 6.12. The number of likely N-dealkylation sites (N-methyl/N-ethyl adjacent to an activating group) is 1. The van der Waals surface area contributed by atoms with Crippen LogP contribution in [0.4, 0.5) is 13.2 Å². The molecule has 0 unspecified atom stereocenters. The summed E-state index contributed by atoms with van der Waals surface area (Å²) in [6, 6.07) is 5.83. The van der Waals surface area contributed by atoms with E-state index in [9.17, 15) is 18.0 Å². The Morgan fingerprint density at radius 2 is 2.00 bits per heavy atom. The van der Waals surface area contributed by atoms with E-state index in [1.807, 2.05) is 6.92 Å². The minimum Gasteiger partial charge on any atom is -0.405 e. The zero-order valence-electron chi connectivity index (χ0n) is 11.3. The third-order valence-electron chi connectivity index (χ3n) is 2.69. The molecule has 20 heavy (non-hydrogen) atoms. The van der Waals surface area contributed by atoms with E-state index in [0.29, 0.717) is 12.1 Å². The highest BCUT2D eigenvalue weighted by Gasteiger charge is 2.31. The number of rotatable bonds is 6. The number of hydrogen-bond donors (Lipinski definition) is 1. The van der Waals surface area contributed by atoms with Crippen LogP contribution in [0.1, 0.15) is 12.5 Å². The highest BCUT2D eigenvalue weighted by atomic mass is 19.4. The number of nitrogens with zero attached hydrogens (tertiary/aromatic N) is 1. The minimum atomic E-state index is -4.73. The molecular formula is C13H17F3N2O2. The van der Waals surface area contributed by atoms with Crippen LogP contribution in [-0.4, -0.2) is 37.3 Å². The van der Waals surface area contributed by atoms with Gasteiger partial charge >= 0.3 is 6.36 Å². The first-order chi connectivity index (χ1) is 9.33. The molecule has 0 saturated carbocycles. The fraction of sp³-hybridized carbons (Fsp3) is 0.462. The van der Waals surface area contributed by atoms with Crippen molar-refractivity contribution < 1.29 is 22.7 Å². The Morgan fingerprint density at radius 3 is 2.60 bits per heavy atom. The van der Waals surface area contributed by atoms with E-state index in [1.165, 1.54) is 23.1 Å². The van der Waals surface area contributed by atoms with Crippen molar-refractivity contribution in [3.63, 3.8) is 0 Å². The number of amides is 1. The number of nitrogens with one attached hydrogen (secondary N) is 1. The Hall–Kier alpha value is -1.76. The van der Waals surface area contributed by atoms with Crippen molar-refractivity contribution in [2.75, 3.05) is 20.1 Å². The van der Waals surface area contributed by atoms with Crippen molar-refractivity contribution in [3.05, 3.63) is 29.8 Å². The maximum Gasteiger partial charge on any atom is 0.573 e. The van der Waals surface area contributed by atoms with Crippen LogP contribution < -0.4 is 10.1 Å². The van der Waals surface area contributed by atoms with Crippen LogP contribution in [0.5, 0.6) is 5.75 Å². The third kappa shape index (κ3) is 5.48. The summed E-state index contributed by atoms with van der Waals surface area (Å²) in [5, 5.41) is 2.80. The number of ether oxygens (including phenoxy) is 1. The SMILES string of the molecule is CCN(C)C(=O)CNCc1ccccc1OC(F)(F)F. The van der Waals surface area contributed by atoms with E-state index in [-0.39, 0.29) is 24.7 Å². The lowest BCUT2D eigenvalue weighted by molar-refractivity contribution is -0.274. The molecule has 1 aromatic rings. The van der Waals surface area contributed by atoms with Crippen molar-refractivity contribution in [2.24, 2.45) is 0 Å². The largest absolute Gasteiger partial charge is 0.573 e. The van der Waals surface area contributed by atoms with Crippen molar-refractivity contribution in [1.29, 1.82) is 0 Å². The molecule has 1 aromatic carbocycles. The molecule has 0 spiro atoms. The normalized spacial score (nSPS) is 11.2. The molecule has 1 amide bonds. The standard InChI is InChI=1S/C13H17F3N2O2/c1-3-18(2)12(19)9-17-8-10-6-4-5-7-11(10)20-13(14,15)16/h4-7,17H,3,8-9H2,1-2H3. The molecule has 7 heteroatoms. The number of hydrogen-bond acceptors (Lipinski definition) is 3. The Morgan fingerprint density at radius 1 is 1.35 bits per heavy atom. The predicted molar refractivity (Wildman–Crippen MR) is 68.1 cm³/mol. The summed E-state index contributed by atoms with van der Waals surface area (Å²) < 4.78 is 40.6. The first kappa shape index (κ1) is 16.3. The lowest BCUT2D eigenvalue weighted by Crippen LogP contribution is -2.35. The van der Waals surface area contributed by atoms with Gasteiger partial charge in [0.05, 0.1) is 6.54 Å². The van der Waals surface area contributed by atoms with Crippen molar-refractivity contribution >= 4 is 5.91 Å². The second-order valence-electron chi connectivity index (χ2n) is 4.17. The number of carbonyl (C=O) groups is 1. The summed E-state index contributed by atoms with van der Waals surface area (Å²) in [6.45, 7) is 2.60. The zero-order valence-corrected chi connectivity index (χ0v) is 11.3. The second kappa shape index (κ2) is 7.14. The van der Waals surface area contributed by atoms with Crippen LogP contribution in [-0.2, 0) is 11.3 Å². The molecule has 1 rings (SSSR count). The summed E-state index contributed by atoms with van der Waals surface area (Å²) in [5.41, 5.74) is 0.344. The van der Waals surface area contributed by atoms with Crippen LogP contribution >= 0.6 is 0 Å². The summed E-state index contributed by atoms with van der Waals surface area (Å²) in [5.74, 6) is -0.384. The fourth-order valence-corrected chi connectivity index (χ4v) is 1.49. The molecule has 0 aliphatic heterocycles. The molecule has 0 heterocycles. The average molecular weight is 290 g/mol. The van der Waals surface area contributed by atoms with Crippen LogP contribution in [0, 0.1) is 0 Å². The summed E-state index contributed by atoms with van der Waals surface area (Å²) in [4.78, 5) is 13.0. The topological polar surface area (TPSA) is 41.6 Å².